The van der Waals surface area contributed by atoms with Gasteiger partial charge in [0.05, 0.1) is 5.41 Å². The molecule has 1 atom stereocenters. The molecule has 0 unspecified atom stereocenters. The monoisotopic (exact) mass is 464 g/mol. The number of benzene rings is 2. The van der Waals surface area contributed by atoms with E-state index in [0.717, 1.165) is 28.7 Å². The summed E-state index contributed by atoms with van der Waals surface area (Å²) in [5.74, 6) is -1.05. The summed E-state index contributed by atoms with van der Waals surface area (Å²) >= 11 is 0. The van der Waals surface area contributed by atoms with Crippen molar-refractivity contribution in [3.8, 4) is 11.1 Å². The van der Waals surface area contributed by atoms with Gasteiger partial charge in [0.2, 0.25) is 5.91 Å². The predicted octanol–water partition coefficient (Wildman–Crippen LogP) is 4.41. The Hall–Kier alpha value is -3.35. The summed E-state index contributed by atoms with van der Waals surface area (Å²) in [6, 6.07) is 15.5. The highest BCUT2D eigenvalue weighted by molar-refractivity contribution is 5.86. The molecule has 7 heteroatoms. The average molecular weight is 465 g/mol. The zero-order chi connectivity index (χ0) is 24.3. The van der Waals surface area contributed by atoms with Crippen molar-refractivity contribution in [3.63, 3.8) is 0 Å². The van der Waals surface area contributed by atoms with E-state index < -0.39 is 23.5 Å². The summed E-state index contributed by atoms with van der Waals surface area (Å²) in [5, 5.41) is 12.3. The summed E-state index contributed by atoms with van der Waals surface area (Å²) in [7, 11) is 0. The van der Waals surface area contributed by atoms with E-state index in [4.69, 9.17) is 4.74 Å². The number of carboxylic acid groups (broad SMARTS) is 1. The molecule has 2 aromatic rings. The van der Waals surface area contributed by atoms with E-state index in [-0.39, 0.29) is 18.4 Å². The van der Waals surface area contributed by atoms with E-state index in [9.17, 15) is 19.5 Å². The van der Waals surface area contributed by atoms with Gasteiger partial charge >= 0.3 is 12.1 Å². The van der Waals surface area contributed by atoms with E-state index in [1.54, 1.807) is 11.8 Å². The maximum absolute atomic E-state index is 12.9. The predicted molar refractivity (Wildman–Crippen MR) is 128 cm³/mol. The average Bonchev–Trinajstić information content (AvgIpc) is 3.16. The zero-order valence-corrected chi connectivity index (χ0v) is 19.8. The fraction of sp³-hybridized carbons (Fsp3) is 0.444. The first-order valence-electron chi connectivity index (χ1n) is 12.0. The summed E-state index contributed by atoms with van der Waals surface area (Å²) in [5.41, 5.74) is 3.81. The van der Waals surface area contributed by atoms with Crippen molar-refractivity contribution in [2.75, 3.05) is 19.7 Å². The van der Waals surface area contributed by atoms with Crippen molar-refractivity contribution in [1.29, 1.82) is 0 Å². The third kappa shape index (κ3) is 4.52. The van der Waals surface area contributed by atoms with Crippen molar-refractivity contribution < 1.29 is 24.2 Å². The van der Waals surface area contributed by atoms with Gasteiger partial charge < -0.3 is 20.1 Å². The van der Waals surface area contributed by atoms with E-state index in [1.807, 2.05) is 31.2 Å². The second kappa shape index (κ2) is 9.87. The molecule has 4 rings (SSSR count). The van der Waals surface area contributed by atoms with Crippen LogP contribution in [0.2, 0.25) is 0 Å². The molecule has 0 saturated carbocycles. The van der Waals surface area contributed by atoms with E-state index >= 15 is 0 Å². The highest BCUT2D eigenvalue weighted by Gasteiger charge is 2.42. The van der Waals surface area contributed by atoms with Gasteiger partial charge in [-0.25, -0.2) is 4.79 Å². The first kappa shape index (κ1) is 23.8. The van der Waals surface area contributed by atoms with Crippen LogP contribution in [0.5, 0.6) is 0 Å². The van der Waals surface area contributed by atoms with Crippen LogP contribution in [-0.4, -0.2) is 53.7 Å². The highest BCUT2D eigenvalue weighted by atomic mass is 16.5. The summed E-state index contributed by atoms with van der Waals surface area (Å²) in [6.07, 6.45) is 1.63. The lowest BCUT2D eigenvalue weighted by atomic mass is 9.75. The van der Waals surface area contributed by atoms with Crippen molar-refractivity contribution in [2.24, 2.45) is 5.41 Å². The van der Waals surface area contributed by atoms with E-state index in [2.05, 4.69) is 29.6 Å². The molecule has 0 radical (unpaired) electrons. The first-order valence-corrected chi connectivity index (χ1v) is 12.0. The Morgan fingerprint density at radius 3 is 2.15 bits per heavy atom. The third-order valence-corrected chi connectivity index (χ3v) is 7.26. The molecule has 1 aliphatic heterocycles. The number of aliphatic carboxylic acids is 1. The van der Waals surface area contributed by atoms with Crippen LogP contribution in [0.1, 0.15) is 56.6 Å². The lowest BCUT2D eigenvalue weighted by Gasteiger charge is -2.39. The van der Waals surface area contributed by atoms with E-state index in [0.29, 0.717) is 32.4 Å². The number of alkyl carbamates (subject to hydrolysis) is 1. The molecule has 0 spiro atoms. The van der Waals surface area contributed by atoms with Gasteiger partial charge in [0, 0.05) is 19.0 Å². The number of carbonyl (C=O) groups excluding carboxylic acids is 2. The highest BCUT2D eigenvalue weighted by Crippen LogP contribution is 2.44. The Labute approximate surface area is 200 Å². The lowest BCUT2D eigenvalue weighted by molar-refractivity contribution is -0.155. The molecule has 0 bridgehead atoms. The molecule has 2 aromatic carbocycles. The number of piperidine rings is 1. The molecule has 0 aromatic heterocycles. The van der Waals surface area contributed by atoms with Gasteiger partial charge in [0.1, 0.15) is 12.6 Å². The fourth-order valence-corrected chi connectivity index (χ4v) is 5.36. The Balaban J connectivity index is 1.32. The standard InChI is InChI=1S/C27H32N2O5/c1-3-12-27(25(31)32)13-15-29(16-14-27)24(30)18(2)28-26(33)34-17-23-21-10-6-4-8-19(21)20-9-5-7-11-22(20)23/h4-11,18,23H,3,12-17H2,1-2H3,(H,28,33)(H,31,32)/t18-/m0/s1. The number of likely N-dealkylation sites (tertiary alicyclic amines) is 1. The molecule has 2 N–H and O–H groups in total. The fourth-order valence-electron chi connectivity index (χ4n) is 5.36. The largest absolute Gasteiger partial charge is 0.481 e. The number of carbonyl (C=O) groups is 3. The summed E-state index contributed by atoms with van der Waals surface area (Å²) in [4.78, 5) is 38.8. The van der Waals surface area contributed by atoms with Crippen LogP contribution < -0.4 is 5.32 Å². The third-order valence-electron chi connectivity index (χ3n) is 7.26. The zero-order valence-electron chi connectivity index (χ0n) is 19.8. The van der Waals surface area contributed by atoms with Crippen LogP contribution in [0, 0.1) is 5.41 Å². The summed E-state index contributed by atoms with van der Waals surface area (Å²) in [6.45, 7) is 4.55. The van der Waals surface area contributed by atoms with Gasteiger partial charge in [-0.15, -0.1) is 0 Å². The van der Waals surface area contributed by atoms with Crippen molar-refractivity contribution in [2.45, 2.75) is 51.5 Å². The Morgan fingerprint density at radius 1 is 1.06 bits per heavy atom. The minimum Gasteiger partial charge on any atom is -0.481 e. The normalized spacial score (nSPS) is 17.4. The number of rotatable bonds is 7. The molecule has 2 amide bonds. The van der Waals surface area contributed by atoms with Gasteiger partial charge in [-0.3, -0.25) is 9.59 Å². The maximum atomic E-state index is 12.9. The van der Waals surface area contributed by atoms with Gasteiger partial charge in [-0.1, -0.05) is 61.9 Å². The van der Waals surface area contributed by atoms with Crippen LogP contribution in [0.4, 0.5) is 4.79 Å². The lowest BCUT2D eigenvalue weighted by Crippen LogP contribution is -2.52. The van der Waals surface area contributed by atoms with Crippen molar-refractivity contribution in [3.05, 3.63) is 59.7 Å². The van der Waals surface area contributed by atoms with Crippen LogP contribution >= 0.6 is 0 Å². The second-order valence-corrected chi connectivity index (χ2v) is 9.35. The molecule has 1 fully saturated rings. The summed E-state index contributed by atoms with van der Waals surface area (Å²) < 4.78 is 5.55. The smallest absolute Gasteiger partial charge is 0.407 e. The van der Waals surface area contributed by atoms with Gasteiger partial charge in [0.15, 0.2) is 0 Å². The number of hydrogen-bond acceptors (Lipinski definition) is 4. The van der Waals surface area contributed by atoms with Crippen molar-refractivity contribution >= 4 is 18.0 Å². The number of nitrogens with one attached hydrogen (secondary N) is 1. The Kier molecular flexibility index (Phi) is 6.91. The SMILES string of the molecule is CCCC1(C(=O)O)CCN(C(=O)[C@H](C)NC(=O)OCC2c3ccccc3-c3ccccc32)CC1. The molecule has 1 aliphatic carbocycles. The Morgan fingerprint density at radius 2 is 1.62 bits per heavy atom. The Bertz CT molecular complexity index is 1030. The van der Waals surface area contributed by atoms with Crippen molar-refractivity contribution in [1.82, 2.24) is 10.2 Å². The molecular formula is C27H32N2O5. The number of carboxylic acids is 1. The van der Waals surface area contributed by atoms with Crippen LogP contribution in [-0.2, 0) is 14.3 Å². The number of hydrogen-bond donors (Lipinski definition) is 2. The molecule has 2 aliphatic rings. The minimum absolute atomic E-state index is 0.0473. The maximum Gasteiger partial charge on any atom is 0.407 e. The molecule has 1 heterocycles. The number of amides is 2. The quantitative estimate of drug-likeness (QED) is 0.633. The topological polar surface area (TPSA) is 95.9 Å². The number of ether oxygens (including phenoxy) is 1. The van der Waals surface area contributed by atoms with Crippen LogP contribution in [0.3, 0.4) is 0 Å². The van der Waals surface area contributed by atoms with Gasteiger partial charge in [0.25, 0.3) is 0 Å². The number of fused-ring (bicyclic) bond motifs is 3. The van der Waals surface area contributed by atoms with Gasteiger partial charge in [-0.2, -0.15) is 0 Å². The number of nitrogens with zero attached hydrogens (tertiary/aromatic N) is 1. The first-order chi connectivity index (χ1) is 16.4. The van der Waals surface area contributed by atoms with Gasteiger partial charge in [-0.05, 0) is 48.4 Å². The molecule has 7 nitrogen and oxygen atoms in total. The molecule has 34 heavy (non-hydrogen) atoms. The second-order valence-electron chi connectivity index (χ2n) is 9.35. The minimum atomic E-state index is -0.786. The van der Waals surface area contributed by atoms with Crippen LogP contribution in [0.15, 0.2) is 48.5 Å². The van der Waals surface area contributed by atoms with Crippen LogP contribution in [0.25, 0.3) is 11.1 Å². The molecule has 1 saturated heterocycles. The van der Waals surface area contributed by atoms with E-state index in [1.165, 1.54) is 0 Å². The molecular weight excluding hydrogens is 432 g/mol. The molecule has 180 valence electrons.